The molecule has 1 saturated carbocycles. The van der Waals surface area contributed by atoms with E-state index in [1.807, 2.05) is 0 Å². The number of carbonyl (C=O) groups excluding carboxylic acids is 1. The number of aliphatic hydroxyl groups is 1. The van der Waals surface area contributed by atoms with Gasteiger partial charge in [0, 0.05) is 13.2 Å². The van der Waals surface area contributed by atoms with Crippen LogP contribution >= 0.6 is 0 Å². The Labute approximate surface area is 115 Å². The molecule has 1 amide bonds. The van der Waals surface area contributed by atoms with Crippen molar-refractivity contribution in [2.75, 3.05) is 18.9 Å². The molecule has 1 atom stereocenters. The van der Waals surface area contributed by atoms with Crippen molar-refractivity contribution < 1.29 is 18.3 Å². The van der Waals surface area contributed by atoms with Crippen molar-refractivity contribution in [1.82, 2.24) is 10.0 Å². The molecule has 0 aromatic rings. The summed E-state index contributed by atoms with van der Waals surface area (Å²) in [5.41, 5.74) is 0.0342. The smallest absolute Gasteiger partial charge is 0.237 e. The van der Waals surface area contributed by atoms with Gasteiger partial charge in [-0.05, 0) is 38.0 Å². The summed E-state index contributed by atoms with van der Waals surface area (Å²) in [4.78, 5) is 11.8. The van der Waals surface area contributed by atoms with E-state index in [2.05, 4.69) is 10.0 Å². The van der Waals surface area contributed by atoms with Crippen molar-refractivity contribution in [3.05, 3.63) is 0 Å². The highest BCUT2D eigenvalue weighted by molar-refractivity contribution is 7.89. The zero-order valence-electron chi connectivity index (χ0n) is 11.6. The molecule has 0 aliphatic heterocycles. The molecule has 0 aromatic heterocycles. The zero-order chi connectivity index (χ0) is 14.5. The van der Waals surface area contributed by atoms with Crippen LogP contribution in [0.3, 0.4) is 0 Å². The highest BCUT2D eigenvalue weighted by Crippen LogP contribution is 2.47. The number of rotatable bonds is 9. The Bertz CT molecular complexity index is 404. The van der Waals surface area contributed by atoms with Crippen LogP contribution in [-0.4, -0.2) is 44.4 Å². The molecule has 1 rings (SSSR count). The zero-order valence-corrected chi connectivity index (χ0v) is 12.4. The molecule has 0 aromatic carbocycles. The third kappa shape index (κ3) is 5.46. The van der Waals surface area contributed by atoms with Crippen molar-refractivity contribution in [2.45, 2.75) is 45.6 Å². The molecule has 112 valence electrons. The van der Waals surface area contributed by atoms with Crippen LogP contribution in [0.2, 0.25) is 0 Å². The van der Waals surface area contributed by atoms with Crippen molar-refractivity contribution in [3.8, 4) is 0 Å². The largest absolute Gasteiger partial charge is 0.396 e. The number of hydrogen-bond acceptors (Lipinski definition) is 4. The molecule has 0 spiro atoms. The summed E-state index contributed by atoms with van der Waals surface area (Å²) in [7, 11) is -3.38. The molecule has 0 saturated heterocycles. The first-order chi connectivity index (χ1) is 8.84. The monoisotopic (exact) mass is 292 g/mol. The quantitative estimate of drug-likeness (QED) is 0.556. The lowest BCUT2D eigenvalue weighted by molar-refractivity contribution is -0.122. The molecule has 0 radical (unpaired) electrons. The van der Waals surface area contributed by atoms with E-state index in [-0.39, 0.29) is 23.7 Å². The highest BCUT2D eigenvalue weighted by atomic mass is 32.2. The molecule has 7 heteroatoms. The molecule has 6 nitrogen and oxygen atoms in total. The Hall–Kier alpha value is -0.660. The van der Waals surface area contributed by atoms with Crippen LogP contribution in [0.4, 0.5) is 0 Å². The first-order valence-electron chi connectivity index (χ1n) is 6.73. The average Bonchev–Trinajstić information content (AvgIpc) is 3.06. The van der Waals surface area contributed by atoms with Gasteiger partial charge in [0.1, 0.15) is 0 Å². The van der Waals surface area contributed by atoms with E-state index < -0.39 is 16.1 Å². The molecule has 1 aliphatic rings. The minimum atomic E-state index is -3.38. The third-order valence-electron chi connectivity index (χ3n) is 3.46. The van der Waals surface area contributed by atoms with Gasteiger partial charge in [0.05, 0.1) is 11.8 Å². The molecule has 1 aliphatic carbocycles. The summed E-state index contributed by atoms with van der Waals surface area (Å²) < 4.78 is 25.4. The minimum Gasteiger partial charge on any atom is -0.396 e. The lowest BCUT2D eigenvalue weighted by atomic mass is 10.0. The Morgan fingerprint density at radius 3 is 2.53 bits per heavy atom. The van der Waals surface area contributed by atoms with Crippen molar-refractivity contribution in [2.24, 2.45) is 5.41 Å². The lowest BCUT2D eigenvalue weighted by Gasteiger charge is -2.18. The second kappa shape index (κ2) is 6.67. The van der Waals surface area contributed by atoms with E-state index in [0.29, 0.717) is 19.4 Å². The maximum Gasteiger partial charge on any atom is 0.237 e. The van der Waals surface area contributed by atoms with Crippen LogP contribution in [0, 0.1) is 5.41 Å². The predicted molar refractivity (Wildman–Crippen MR) is 73.1 cm³/mol. The first kappa shape index (κ1) is 16.4. The van der Waals surface area contributed by atoms with Gasteiger partial charge in [-0.3, -0.25) is 4.79 Å². The summed E-state index contributed by atoms with van der Waals surface area (Å²) in [6, 6.07) is -0.763. The normalized spacial score (nSPS) is 18.9. The Kier molecular flexibility index (Phi) is 5.76. The van der Waals surface area contributed by atoms with E-state index in [1.54, 1.807) is 6.92 Å². The second-order valence-corrected chi connectivity index (χ2v) is 7.22. The molecule has 0 bridgehead atoms. The summed E-state index contributed by atoms with van der Waals surface area (Å²) in [5, 5.41) is 11.7. The average molecular weight is 292 g/mol. The van der Waals surface area contributed by atoms with E-state index >= 15 is 0 Å². The third-order valence-corrected chi connectivity index (χ3v) is 5.12. The number of amides is 1. The fraction of sp³-hybridized carbons (Fsp3) is 0.917. The fourth-order valence-electron chi connectivity index (χ4n) is 2.01. The van der Waals surface area contributed by atoms with Gasteiger partial charge in [-0.1, -0.05) is 6.92 Å². The number of nitrogens with one attached hydrogen (secondary N) is 2. The summed E-state index contributed by atoms with van der Waals surface area (Å²) in [6.45, 7) is 3.94. The van der Waals surface area contributed by atoms with Gasteiger partial charge in [0.2, 0.25) is 15.9 Å². The standard InChI is InChI=1S/C12H24N2O4S/c1-3-8-19(17,18)14-10(2)11(16)13-9-12(4-5-12)6-7-15/h10,14-15H,3-9H2,1-2H3,(H,13,16). The Morgan fingerprint density at radius 2 is 2.05 bits per heavy atom. The molecule has 1 fully saturated rings. The van der Waals surface area contributed by atoms with Gasteiger partial charge in [0.15, 0.2) is 0 Å². The topological polar surface area (TPSA) is 95.5 Å². The van der Waals surface area contributed by atoms with Gasteiger partial charge < -0.3 is 10.4 Å². The highest BCUT2D eigenvalue weighted by Gasteiger charge is 2.42. The van der Waals surface area contributed by atoms with Crippen LogP contribution in [-0.2, 0) is 14.8 Å². The minimum absolute atomic E-state index is 0.0269. The van der Waals surface area contributed by atoms with Gasteiger partial charge in [-0.25, -0.2) is 13.1 Å². The molecular weight excluding hydrogens is 268 g/mol. The van der Waals surface area contributed by atoms with E-state index in [4.69, 9.17) is 5.11 Å². The van der Waals surface area contributed by atoms with E-state index in [0.717, 1.165) is 12.8 Å². The number of sulfonamides is 1. The summed E-state index contributed by atoms with van der Waals surface area (Å²) in [5.74, 6) is -0.289. The van der Waals surface area contributed by atoms with Crippen LogP contribution in [0.5, 0.6) is 0 Å². The van der Waals surface area contributed by atoms with Gasteiger partial charge >= 0.3 is 0 Å². The summed E-state index contributed by atoms with van der Waals surface area (Å²) in [6.07, 6.45) is 3.21. The maximum atomic E-state index is 11.8. The van der Waals surface area contributed by atoms with Gasteiger partial charge in [-0.15, -0.1) is 0 Å². The number of hydrogen-bond donors (Lipinski definition) is 3. The van der Waals surface area contributed by atoms with E-state index in [9.17, 15) is 13.2 Å². The SMILES string of the molecule is CCCS(=O)(=O)NC(C)C(=O)NCC1(CCO)CC1. The molecule has 0 heterocycles. The Morgan fingerprint density at radius 1 is 1.42 bits per heavy atom. The van der Waals surface area contributed by atoms with Crippen LogP contribution in [0.15, 0.2) is 0 Å². The lowest BCUT2D eigenvalue weighted by Crippen LogP contribution is -2.46. The summed E-state index contributed by atoms with van der Waals surface area (Å²) >= 11 is 0. The van der Waals surface area contributed by atoms with Gasteiger partial charge in [-0.2, -0.15) is 0 Å². The molecular formula is C12H24N2O4S. The van der Waals surface area contributed by atoms with Crippen LogP contribution in [0.25, 0.3) is 0 Å². The second-order valence-electron chi connectivity index (χ2n) is 5.35. The predicted octanol–water partition coefficient (Wildman–Crippen LogP) is -0.0169. The van der Waals surface area contributed by atoms with Crippen LogP contribution < -0.4 is 10.0 Å². The Balaban J connectivity index is 2.37. The molecule has 1 unspecified atom stereocenters. The van der Waals surface area contributed by atoms with E-state index in [1.165, 1.54) is 6.92 Å². The number of aliphatic hydroxyl groups excluding tert-OH is 1. The molecule has 19 heavy (non-hydrogen) atoms. The van der Waals surface area contributed by atoms with Crippen molar-refractivity contribution in [3.63, 3.8) is 0 Å². The van der Waals surface area contributed by atoms with Crippen molar-refractivity contribution in [1.29, 1.82) is 0 Å². The van der Waals surface area contributed by atoms with Gasteiger partial charge in [0.25, 0.3) is 0 Å². The number of carbonyl (C=O) groups is 1. The van der Waals surface area contributed by atoms with Crippen molar-refractivity contribution >= 4 is 15.9 Å². The molecule has 3 N–H and O–H groups in total. The fourth-order valence-corrected chi connectivity index (χ4v) is 3.31. The first-order valence-corrected chi connectivity index (χ1v) is 8.38. The maximum absolute atomic E-state index is 11.8. The van der Waals surface area contributed by atoms with Crippen LogP contribution in [0.1, 0.15) is 39.5 Å².